The van der Waals surface area contributed by atoms with Crippen molar-refractivity contribution in [2.24, 2.45) is 5.73 Å². The number of aryl methyl sites for hydroxylation is 1. The van der Waals surface area contributed by atoms with Crippen LogP contribution in [0.4, 0.5) is 0 Å². The second kappa shape index (κ2) is 13.1. The summed E-state index contributed by atoms with van der Waals surface area (Å²) in [5, 5.41) is 18.2. The van der Waals surface area contributed by atoms with Crippen molar-refractivity contribution in [1.29, 1.82) is 0 Å². The zero-order valence-electron chi connectivity index (χ0n) is 22.4. The molecule has 1 aromatic heterocycles. The first kappa shape index (κ1) is 27.9. The number of nitrogens with two attached hydrogens (primary N) is 1. The van der Waals surface area contributed by atoms with Gasteiger partial charge in [0.05, 0.1) is 18.9 Å². The van der Waals surface area contributed by atoms with E-state index in [0.717, 1.165) is 24.2 Å². The summed E-state index contributed by atoms with van der Waals surface area (Å²) in [7, 11) is 0. The Bertz CT molecular complexity index is 1320. The Hall–Kier alpha value is -4.14. The number of ether oxygens (including phenoxy) is 2. The van der Waals surface area contributed by atoms with Crippen LogP contribution in [0.25, 0.3) is 0 Å². The van der Waals surface area contributed by atoms with E-state index in [1.54, 1.807) is 30.5 Å². The van der Waals surface area contributed by atoms with Gasteiger partial charge in [-0.2, -0.15) is 5.10 Å². The topological polar surface area (TPSA) is 112 Å². The number of hydrogen-bond acceptors (Lipinski definition) is 6. The molecule has 0 fully saturated rings. The number of aromatic nitrogens is 2. The van der Waals surface area contributed by atoms with Crippen molar-refractivity contribution in [3.8, 4) is 17.2 Å². The van der Waals surface area contributed by atoms with E-state index in [1.807, 2.05) is 53.3 Å². The van der Waals surface area contributed by atoms with Gasteiger partial charge in [0.15, 0.2) is 5.75 Å². The first-order chi connectivity index (χ1) is 18.8. The van der Waals surface area contributed by atoms with Crippen LogP contribution in [0.1, 0.15) is 41.8 Å². The third-order valence-corrected chi connectivity index (χ3v) is 6.39. The number of primary amides is 1. The average molecular weight is 529 g/mol. The molecule has 8 heteroatoms. The first-order valence-electron chi connectivity index (χ1n) is 13.0. The molecule has 8 nitrogen and oxygen atoms in total. The quantitative estimate of drug-likeness (QED) is 0.221. The predicted octanol–water partition coefficient (Wildman–Crippen LogP) is 4.56. The van der Waals surface area contributed by atoms with Crippen LogP contribution in [0.3, 0.4) is 0 Å². The lowest BCUT2D eigenvalue weighted by molar-refractivity contribution is 0.0981. The molecule has 4 aromatic rings. The van der Waals surface area contributed by atoms with E-state index < -0.39 is 12.0 Å². The summed E-state index contributed by atoms with van der Waals surface area (Å²) in [6, 6.07) is 24.8. The maximum absolute atomic E-state index is 11.2. The average Bonchev–Trinajstić information content (AvgIpc) is 3.38. The summed E-state index contributed by atoms with van der Waals surface area (Å²) in [5.74, 6) is 1.53. The van der Waals surface area contributed by atoms with Crippen molar-refractivity contribution in [2.75, 3.05) is 13.2 Å². The molecule has 204 valence electrons. The van der Waals surface area contributed by atoms with Gasteiger partial charge in [-0.3, -0.25) is 9.48 Å². The Morgan fingerprint density at radius 3 is 2.31 bits per heavy atom. The fourth-order valence-corrected chi connectivity index (χ4v) is 4.01. The predicted molar refractivity (Wildman–Crippen MR) is 151 cm³/mol. The standard InChI is InChI=1S/C31H36N4O4/c1-31(2,17-16-23-8-12-27(13-9-23)39-28-14-10-25(11-15-28)30(32)37)33-18-26(36)22-38-29-19-34-35(21-29)20-24-6-4-3-5-7-24/h3-15,19,21,26,33,36H,16-18,20,22H2,1-2H3,(H2,32,37)/t26-/m0/s1. The number of nitrogens with one attached hydrogen (secondary N) is 1. The lowest BCUT2D eigenvalue weighted by Crippen LogP contribution is -2.45. The zero-order chi connectivity index (χ0) is 27.7. The number of nitrogens with zero attached hydrogens (tertiary/aromatic N) is 2. The number of benzene rings is 3. The van der Waals surface area contributed by atoms with E-state index in [9.17, 15) is 9.90 Å². The second-order valence-corrected chi connectivity index (χ2v) is 10.2. The molecule has 0 spiro atoms. The van der Waals surface area contributed by atoms with Gasteiger partial charge in [-0.15, -0.1) is 0 Å². The molecule has 1 amide bonds. The summed E-state index contributed by atoms with van der Waals surface area (Å²) in [6.45, 7) is 5.53. The molecule has 0 bridgehead atoms. The number of hydrogen-bond donors (Lipinski definition) is 3. The van der Waals surface area contributed by atoms with E-state index in [0.29, 0.717) is 30.2 Å². The van der Waals surface area contributed by atoms with Crippen LogP contribution in [0.5, 0.6) is 17.2 Å². The first-order valence-corrected chi connectivity index (χ1v) is 13.0. The van der Waals surface area contributed by atoms with E-state index in [4.69, 9.17) is 15.2 Å². The van der Waals surface area contributed by atoms with Gasteiger partial charge in [0.25, 0.3) is 0 Å². The molecule has 0 saturated heterocycles. The van der Waals surface area contributed by atoms with Crippen molar-refractivity contribution >= 4 is 5.91 Å². The molecule has 1 atom stereocenters. The minimum absolute atomic E-state index is 0.168. The second-order valence-electron chi connectivity index (χ2n) is 10.2. The van der Waals surface area contributed by atoms with Crippen LogP contribution in [-0.2, 0) is 13.0 Å². The molecule has 39 heavy (non-hydrogen) atoms. The van der Waals surface area contributed by atoms with Crippen molar-refractivity contribution in [1.82, 2.24) is 15.1 Å². The van der Waals surface area contributed by atoms with Gasteiger partial charge in [0.2, 0.25) is 5.91 Å². The van der Waals surface area contributed by atoms with Crippen LogP contribution in [0.15, 0.2) is 91.3 Å². The Kier molecular flexibility index (Phi) is 9.35. The fourth-order valence-electron chi connectivity index (χ4n) is 4.01. The van der Waals surface area contributed by atoms with E-state index in [-0.39, 0.29) is 12.1 Å². The highest BCUT2D eigenvalue weighted by molar-refractivity contribution is 5.92. The van der Waals surface area contributed by atoms with Gasteiger partial charge < -0.3 is 25.6 Å². The maximum atomic E-state index is 11.2. The summed E-state index contributed by atoms with van der Waals surface area (Å²) >= 11 is 0. The van der Waals surface area contributed by atoms with Gasteiger partial charge in [0, 0.05) is 17.6 Å². The van der Waals surface area contributed by atoms with E-state index >= 15 is 0 Å². The molecule has 4 N–H and O–H groups in total. The van der Waals surface area contributed by atoms with Gasteiger partial charge >= 0.3 is 0 Å². The number of aliphatic hydroxyl groups is 1. The van der Waals surface area contributed by atoms with E-state index in [1.165, 1.54) is 5.56 Å². The van der Waals surface area contributed by atoms with Crippen LogP contribution in [0, 0.1) is 0 Å². The van der Waals surface area contributed by atoms with Crippen LogP contribution < -0.4 is 20.5 Å². The van der Waals surface area contributed by atoms with Crippen LogP contribution in [-0.4, -0.2) is 45.6 Å². The summed E-state index contributed by atoms with van der Waals surface area (Å²) in [4.78, 5) is 11.2. The molecular weight excluding hydrogens is 492 g/mol. The Morgan fingerprint density at radius 1 is 0.974 bits per heavy atom. The minimum Gasteiger partial charge on any atom is -0.488 e. The van der Waals surface area contributed by atoms with Gasteiger partial charge in [-0.05, 0) is 74.2 Å². The molecular formula is C31H36N4O4. The normalized spacial score (nSPS) is 12.2. The highest BCUT2D eigenvalue weighted by Gasteiger charge is 2.19. The van der Waals surface area contributed by atoms with Crippen LogP contribution >= 0.6 is 0 Å². The summed E-state index contributed by atoms with van der Waals surface area (Å²) in [6.07, 6.45) is 4.63. The minimum atomic E-state index is -0.643. The Labute approximate surface area is 229 Å². The largest absolute Gasteiger partial charge is 0.488 e. The van der Waals surface area contributed by atoms with Crippen molar-refractivity contribution in [3.63, 3.8) is 0 Å². The molecule has 1 heterocycles. The molecule has 0 saturated carbocycles. The number of aliphatic hydroxyl groups excluding tert-OH is 1. The fraction of sp³-hybridized carbons (Fsp3) is 0.290. The summed E-state index contributed by atoms with van der Waals surface area (Å²) < 4.78 is 13.4. The van der Waals surface area contributed by atoms with Crippen molar-refractivity contribution < 1.29 is 19.4 Å². The third-order valence-electron chi connectivity index (χ3n) is 6.39. The van der Waals surface area contributed by atoms with Crippen molar-refractivity contribution in [3.05, 3.63) is 108 Å². The number of rotatable bonds is 14. The smallest absolute Gasteiger partial charge is 0.248 e. The zero-order valence-corrected chi connectivity index (χ0v) is 22.4. The molecule has 0 aliphatic carbocycles. The molecule has 4 rings (SSSR count). The maximum Gasteiger partial charge on any atom is 0.248 e. The summed E-state index contributed by atoms with van der Waals surface area (Å²) in [5.41, 5.74) is 7.91. The van der Waals surface area contributed by atoms with Crippen molar-refractivity contribution in [2.45, 2.75) is 44.9 Å². The SMILES string of the molecule is CC(C)(CCc1ccc(Oc2ccc(C(N)=O)cc2)cc1)NC[C@H](O)COc1cnn(Cc2ccccc2)c1. The molecule has 0 unspecified atom stereocenters. The number of carbonyl (C=O) groups is 1. The Morgan fingerprint density at radius 2 is 1.64 bits per heavy atom. The lowest BCUT2D eigenvalue weighted by Gasteiger charge is -2.28. The lowest BCUT2D eigenvalue weighted by atomic mass is 9.95. The molecule has 0 aliphatic heterocycles. The van der Waals surface area contributed by atoms with Crippen LogP contribution in [0.2, 0.25) is 0 Å². The third kappa shape index (κ3) is 8.98. The van der Waals surface area contributed by atoms with Gasteiger partial charge in [0.1, 0.15) is 24.2 Å². The Balaban J connectivity index is 1.16. The highest BCUT2D eigenvalue weighted by Crippen LogP contribution is 2.23. The number of carbonyl (C=O) groups excluding carboxylic acids is 1. The monoisotopic (exact) mass is 528 g/mol. The number of β-amino-alcohol motifs (C(OH)–C–C–N with tert-alkyl or cyclic N) is 1. The van der Waals surface area contributed by atoms with Gasteiger partial charge in [-0.25, -0.2) is 0 Å². The number of amides is 1. The van der Waals surface area contributed by atoms with E-state index in [2.05, 4.69) is 36.4 Å². The van der Waals surface area contributed by atoms with Gasteiger partial charge in [-0.1, -0.05) is 42.5 Å². The molecule has 3 aromatic carbocycles. The molecule has 0 radical (unpaired) electrons. The molecule has 0 aliphatic rings. The highest BCUT2D eigenvalue weighted by atomic mass is 16.5.